The minimum absolute atomic E-state index is 0.0818. The van der Waals surface area contributed by atoms with Gasteiger partial charge in [-0.15, -0.1) is 0 Å². The Kier molecular flexibility index (Phi) is 6.08. The van der Waals surface area contributed by atoms with Crippen LogP contribution in [0.4, 0.5) is 16.2 Å². The summed E-state index contributed by atoms with van der Waals surface area (Å²) in [5.41, 5.74) is 4.04. The van der Waals surface area contributed by atoms with Crippen LogP contribution in [-0.4, -0.2) is 24.9 Å². The number of barbiturate groups is 1. The number of rotatable bonds is 3. The molecule has 0 saturated carbocycles. The van der Waals surface area contributed by atoms with Crippen molar-refractivity contribution in [3.63, 3.8) is 0 Å². The molecule has 2 N–H and O–H groups in total. The number of benzene rings is 2. The Morgan fingerprint density at radius 1 is 1.00 bits per heavy atom. The van der Waals surface area contributed by atoms with Crippen LogP contribution in [0.2, 0.25) is 0 Å². The molecule has 0 atom stereocenters. The summed E-state index contributed by atoms with van der Waals surface area (Å²) in [7, 11) is 1.84. The number of halogens is 2. The highest BCUT2D eigenvalue weighted by Crippen LogP contribution is 2.28. The smallest absolute Gasteiger partial charge is 0.335 e. The summed E-state index contributed by atoms with van der Waals surface area (Å²) in [4.78, 5) is 38.7. The van der Waals surface area contributed by atoms with E-state index >= 15 is 0 Å². The third-order valence-electron chi connectivity index (χ3n) is 4.48. The van der Waals surface area contributed by atoms with Gasteiger partial charge in [0.15, 0.2) is 0 Å². The lowest BCUT2D eigenvalue weighted by Crippen LogP contribution is -2.54. The highest BCUT2D eigenvalue weighted by Gasteiger charge is 2.36. The van der Waals surface area contributed by atoms with Gasteiger partial charge in [0.2, 0.25) is 0 Å². The predicted octanol–water partition coefficient (Wildman–Crippen LogP) is 4.22. The molecule has 1 aliphatic rings. The van der Waals surface area contributed by atoms with Crippen LogP contribution in [0.25, 0.3) is 6.08 Å². The number of anilines is 2. The van der Waals surface area contributed by atoms with Crippen molar-refractivity contribution >= 4 is 80.5 Å². The first-order chi connectivity index (χ1) is 13.2. The maximum Gasteiger partial charge on any atom is 0.335 e. The van der Waals surface area contributed by atoms with E-state index in [1.165, 1.54) is 6.08 Å². The number of hydrogen-bond acceptors (Lipinski definition) is 4. The van der Waals surface area contributed by atoms with E-state index in [9.17, 15) is 14.4 Å². The molecule has 0 spiro atoms. The molecule has 8 heteroatoms. The average Bonchev–Trinajstić information content (AvgIpc) is 2.61. The minimum Gasteiger partial charge on any atom is -0.386 e. The van der Waals surface area contributed by atoms with E-state index in [1.54, 1.807) is 12.1 Å². The normalized spacial score (nSPS) is 15.8. The van der Waals surface area contributed by atoms with E-state index in [1.807, 2.05) is 39.1 Å². The van der Waals surface area contributed by atoms with E-state index in [0.29, 0.717) is 11.3 Å². The van der Waals surface area contributed by atoms with Gasteiger partial charge in [-0.2, -0.15) is 0 Å². The Hall–Kier alpha value is -1.95. The zero-order valence-corrected chi connectivity index (χ0v) is 19.7. The Balaban J connectivity index is 2.05. The van der Waals surface area contributed by atoms with Crippen molar-refractivity contribution in [2.45, 2.75) is 13.8 Å². The second kappa shape index (κ2) is 8.19. The average molecular weight is 601 g/mol. The number of nitrogens with zero attached hydrogens (tertiary/aromatic N) is 1. The molecule has 1 heterocycles. The third-order valence-corrected chi connectivity index (χ3v) is 6.18. The first-order valence-electron chi connectivity index (χ1n) is 8.38. The number of hydrogen-bond donors (Lipinski definition) is 2. The van der Waals surface area contributed by atoms with Gasteiger partial charge in [-0.3, -0.25) is 14.9 Å². The second-order valence-electron chi connectivity index (χ2n) is 6.34. The zero-order chi connectivity index (χ0) is 20.6. The molecule has 144 valence electrons. The van der Waals surface area contributed by atoms with Gasteiger partial charge in [-0.1, -0.05) is 6.07 Å². The minimum atomic E-state index is -0.745. The number of carbonyl (C=O) groups is 3. The lowest BCUT2D eigenvalue weighted by molar-refractivity contribution is -0.122. The standard InChI is InChI=1S/C20H17I2N3O3/c1-10-4-5-13(6-11(10)2)25-19(27)14(18(26)24-20(25)28)7-12-8-15(21)17(23-3)16(22)9-12/h4-9,23H,1-3H3,(H,24,26,28)/b14-7+. The maximum atomic E-state index is 13.0. The molecule has 28 heavy (non-hydrogen) atoms. The number of aryl methyl sites for hydroxylation is 2. The van der Waals surface area contributed by atoms with E-state index < -0.39 is 17.8 Å². The molecule has 1 saturated heterocycles. The van der Waals surface area contributed by atoms with Gasteiger partial charge in [-0.05, 0) is 106 Å². The Bertz CT molecular complexity index is 1020. The highest BCUT2D eigenvalue weighted by atomic mass is 127. The summed E-state index contributed by atoms with van der Waals surface area (Å²) >= 11 is 4.39. The van der Waals surface area contributed by atoms with Gasteiger partial charge in [0.05, 0.1) is 11.4 Å². The third kappa shape index (κ3) is 3.93. The second-order valence-corrected chi connectivity index (χ2v) is 8.66. The van der Waals surface area contributed by atoms with Gasteiger partial charge in [-0.25, -0.2) is 9.69 Å². The molecular weight excluding hydrogens is 584 g/mol. The van der Waals surface area contributed by atoms with Gasteiger partial charge < -0.3 is 5.32 Å². The molecule has 3 rings (SSSR count). The summed E-state index contributed by atoms with van der Waals surface area (Å²) in [6.45, 7) is 3.85. The molecule has 1 fully saturated rings. The van der Waals surface area contributed by atoms with Crippen LogP contribution in [0.5, 0.6) is 0 Å². The van der Waals surface area contributed by atoms with Crippen molar-refractivity contribution < 1.29 is 14.4 Å². The fourth-order valence-electron chi connectivity index (χ4n) is 2.84. The number of urea groups is 1. The van der Waals surface area contributed by atoms with Gasteiger partial charge in [0.25, 0.3) is 11.8 Å². The van der Waals surface area contributed by atoms with Crippen LogP contribution in [-0.2, 0) is 9.59 Å². The first kappa shape index (κ1) is 20.8. The van der Waals surface area contributed by atoms with Crippen LogP contribution in [0.1, 0.15) is 16.7 Å². The SMILES string of the molecule is CNc1c(I)cc(/C=C2\C(=O)NC(=O)N(c3ccc(C)c(C)c3)C2=O)cc1I. The summed E-state index contributed by atoms with van der Waals surface area (Å²) in [5.74, 6) is -1.34. The summed E-state index contributed by atoms with van der Waals surface area (Å²) in [6, 6.07) is 8.30. The van der Waals surface area contributed by atoms with Crippen molar-refractivity contribution in [2.75, 3.05) is 17.3 Å². The fourth-order valence-corrected chi connectivity index (χ4v) is 5.19. The van der Waals surface area contributed by atoms with Crippen molar-refractivity contribution in [1.29, 1.82) is 0 Å². The quantitative estimate of drug-likeness (QED) is 0.314. The van der Waals surface area contributed by atoms with Crippen LogP contribution >= 0.6 is 45.2 Å². The molecule has 2 aromatic carbocycles. The van der Waals surface area contributed by atoms with Crippen molar-refractivity contribution in [3.8, 4) is 0 Å². The maximum absolute atomic E-state index is 13.0. The zero-order valence-electron chi connectivity index (χ0n) is 15.4. The molecule has 0 radical (unpaired) electrons. The highest BCUT2D eigenvalue weighted by molar-refractivity contribution is 14.1. The Morgan fingerprint density at radius 3 is 2.21 bits per heavy atom. The summed E-state index contributed by atoms with van der Waals surface area (Å²) < 4.78 is 1.93. The van der Waals surface area contributed by atoms with Crippen molar-refractivity contribution in [2.24, 2.45) is 0 Å². The lowest BCUT2D eigenvalue weighted by Gasteiger charge is -2.27. The monoisotopic (exact) mass is 601 g/mol. The van der Waals surface area contributed by atoms with Crippen LogP contribution < -0.4 is 15.5 Å². The van der Waals surface area contributed by atoms with Crippen LogP contribution in [0.15, 0.2) is 35.9 Å². The van der Waals surface area contributed by atoms with Gasteiger partial charge in [0.1, 0.15) is 5.57 Å². The van der Waals surface area contributed by atoms with E-state index in [-0.39, 0.29) is 5.57 Å². The summed E-state index contributed by atoms with van der Waals surface area (Å²) in [5, 5.41) is 5.38. The molecule has 2 aromatic rings. The van der Waals surface area contributed by atoms with Crippen LogP contribution in [0, 0.1) is 21.0 Å². The van der Waals surface area contributed by atoms with E-state index in [4.69, 9.17) is 0 Å². The number of amides is 4. The van der Waals surface area contributed by atoms with Crippen LogP contribution in [0.3, 0.4) is 0 Å². The molecule has 0 aromatic heterocycles. The Labute approximate surface area is 190 Å². The van der Waals surface area contributed by atoms with Crippen molar-refractivity contribution in [3.05, 3.63) is 59.7 Å². The molecule has 4 amide bonds. The molecule has 0 bridgehead atoms. The lowest BCUT2D eigenvalue weighted by atomic mass is 10.0. The summed E-state index contributed by atoms with van der Waals surface area (Å²) in [6.07, 6.45) is 1.52. The molecule has 6 nitrogen and oxygen atoms in total. The van der Waals surface area contributed by atoms with Gasteiger partial charge in [0, 0.05) is 14.2 Å². The Morgan fingerprint density at radius 2 is 1.64 bits per heavy atom. The molecule has 0 unspecified atom stereocenters. The fraction of sp³-hybridized carbons (Fsp3) is 0.150. The predicted molar refractivity (Wildman–Crippen MR) is 126 cm³/mol. The first-order valence-corrected chi connectivity index (χ1v) is 10.5. The molecule has 1 aliphatic heterocycles. The number of nitrogens with one attached hydrogen (secondary N) is 2. The number of imide groups is 2. The van der Waals surface area contributed by atoms with Crippen molar-refractivity contribution in [1.82, 2.24) is 5.32 Å². The van der Waals surface area contributed by atoms with Gasteiger partial charge >= 0.3 is 6.03 Å². The number of carbonyl (C=O) groups excluding carboxylic acids is 3. The molecule has 0 aliphatic carbocycles. The largest absolute Gasteiger partial charge is 0.386 e. The topological polar surface area (TPSA) is 78.5 Å². The van der Waals surface area contributed by atoms with E-state index in [0.717, 1.165) is 28.9 Å². The molecular formula is C20H17I2N3O3. The van der Waals surface area contributed by atoms with E-state index in [2.05, 4.69) is 55.8 Å².